The van der Waals surface area contributed by atoms with E-state index >= 15 is 0 Å². The Balaban J connectivity index is 1.61. The average Bonchev–Trinajstić information content (AvgIpc) is 3.26. The van der Waals surface area contributed by atoms with Crippen molar-refractivity contribution in [1.82, 2.24) is 20.2 Å². The Labute approximate surface area is 145 Å². The third-order valence-corrected chi connectivity index (χ3v) is 4.06. The number of methoxy groups -OCH3 is 1. The lowest BCUT2D eigenvalue weighted by molar-refractivity contribution is -0.124. The highest BCUT2D eigenvalue weighted by atomic mass is 16.6. The molecule has 8 nitrogen and oxygen atoms in total. The number of imidazole rings is 1. The zero-order valence-corrected chi connectivity index (χ0v) is 13.9. The first-order valence-electron chi connectivity index (χ1n) is 7.99. The van der Waals surface area contributed by atoms with E-state index in [2.05, 4.69) is 15.3 Å². The fourth-order valence-corrected chi connectivity index (χ4v) is 2.72. The van der Waals surface area contributed by atoms with E-state index < -0.39 is 12.1 Å². The van der Waals surface area contributed by atoms with Gasteiger partial charge in [0.2, 0.25) is 5.91 Å². The van der Waals surface area contributed by atoms with Gasteiger partial charge in [0.05, 0.1) is 20.0 Å². The summed E-state index contributed by atoms with van der Waals surface area (Å²) in [6.45, 7) is 0.750. The highest BCUT2D eigenvalue weighted by Gasteiger charge is 2.38. The molecule has 1 aromatic carbocycles. The molecular formula is C17H20N4O4. The smallest absolute Gasteiger partial charge is 0.410 e. The summed E-state index contributed by atoms with van der Waals surface area (Å²) in [5.74, 6) is 0.431. The van der Waals surface area contributed by atoms with Gasteiger partial charge in [0.25, 0.3) is 0 Å². The van der Waals surface area contributed by atoms with Gasteiger partial charge < -0.3 is 19.8 Å². The number of hydrogen-bond acceptors (Lipinski definition) is 5. The van der Waals surface area contributed by atoms with E-state index in [0.29, 0.717) is 18.7 Å². The van der Waals surface area contributed by atoms with Gasteiger partial charge in [-0.05, 0) is 6.07 Å². The SMILES string of the molecule is COc1ccccc1CN1C(=O)OC[C@H]1C(=O)NCCc1cnc[nH]1. The number of nitrogens with zero attached hydrogens (tertiary/aromatic N) is 2. The van der Waals surface area contributed by atoms with Gasteiger partial charge in [-0.3, -0.25) is 9.69 Å². The van der Waals surface area contributed by atoms with Crippen LogP contribution in [-0.2, 0) is 22.5 Å². The molecule has 1 saturated heterocycles. The molecule has 3 rings (SSSR count). The molecule has 0 spiro atoms. The number of amides is 2. The molecule has 0 aliphatic carbocycles. The van der Waals surface area contributed by atoms with Crippen molar-refractivity contribution in [3.63, 3.8) is 0 Å². The summed E-state index contributed by atoms with van der Waals surface area (Å²) in [5, 5.41) is 2.84. The fourth-order valence-electron chi connectivity index (χ4n) is 2.72. The fraction of sp³-hybridized carbons (Fsp3) is 0.353. The molecule has 2 N–H and O–H groups in total. The van der Waals surface area contributed by atoms with Gasteiger partial charge in [-0.15, -0.1) is 0 Å². The topological polar surface area (TPSA) is 96.5 Å². The van der Waals surface area contributed by atoms with Gasteiger partial charge in [-0.2, -0.15) is 0 Å². The summed E-state index contributed by atoms with van der Waals surface area (Å²) < 4.78 is 10.4. The number of H-pyrrole nitrogens is 1. The first-order chi connectivity index (χ1) is 12.2. The molecule has 0 bridgehead atoms. The first kappa shape index (κ1) is 16.8. The van der Waals surface area contributed by atoms with Crippen LogP contribution in [0.1, 0.15) is 11.3 Å². The third-order valence-electron chi connectivity index (χ3n) is 4.06. The van der Waals surface area contributed by atoms with Crippen molar-refractivity contribution >= 4 is 12.0 Å². The lowest BCUT2D eigenvalue weighted by atomic mass is 10.1. The van der Waals surface area contributed by atoms with Crippen molar-refractivity contribution in [2.24, 2.45) is 0 Å². The second-order valence-electron chi connectivity index (χ2n) is 5.65. The third kappa shape index (κ3) is 3.90. The first-order valence-corrected chi connectivity index (χ1v) is 7.99. The molecule has 1 aromatic heterocycles. The van der Waals surface area contributed by atoms with E-state index in [1.54, 1.807) is 19.6 Å². The molecule has 2 aromatic rings. The van der Waals surface area contributed by atoms with Crippen LogP contribution in [-0.4, -0.2) is 53.2 Å². The van der Waals surface area contributed by atoms with Crippen LogP contribution >= 0.6 is 0 Å². The van der Waals surface area contributed by atoms with Gasteiger partial charge >= 0.3 is 6.09 Å². The Morgan fingerprint density at radius 3 is 3.08 bits per heavy atom. The van der Waals surface area contributed by atoms with Gasteiger partial charge in [-0.1, -0.05) is 18.2 Å². The highest BCUT2D eigenvalue weighted by molar-refractivity contribution is 5.87. The molecule has 1 aliphatic heterocycles. The predicted molar refractivity (Wildman–Crippen MR) is 89.0 cm³/mol. The number of ether oxygens (including phenoxy) is 2. The van der Waals surface area contributed by atoms with E-state index in [4.69, 9.17) is 9.47 Å². The van der Waals surface area contributed by atoms with Gasteiger partial charge in [0.1, 0.15) is 18.4 Å². The monoisotopic (exact) mass is 344 g/mol. The Kier molecular flexibility index (Phi) is 5.17. The summed E-state index contributed by atoms with van der Waals surface area (Å²) in [6, 6.07) is 6.73. The van der Waals surface area contributed by atoms with E-state index in [0.717, 1.165) is 11.3 Å². The number of aromatic nitrogens is 2. The van der Waals surface area contributed by atoms with Crippen molar-refractivity contribution in [3.8, 4) is 5.75 Å². The molecule has 1 aliphatic rings. The molecule has 0 saturated carbocycles. The van der Waals surface area contributed by atoms with Gasteiger partial charge in [0.15, 0.2) is 0 Å². The quantitative estimate of drug-likeness (QED) is 0.784. The number of cyclic esters (lactones) is 1. The number of para-hydroxylation sites is 1. The minimum Gasteiger partial charge on any atom is -0.496 e. The molecule has 2 amide bonds. The number of aromatic amines is 1. The van der Waals surface area contributed by atoms with Crippen molar-refractivity contribution < 1.29 is 19.1 Å². The summed E-state index contributed by atoms with van der Waals surface area (Å²) in [5.41, 5.74) is 1.75. The second-order valence-corrected chi connectivity index (χ2v) is 5.65. The van der Waals surface area contributed by atoms with Crippen LogP contribution in [0.4, 0.5) is 4.79 Å². The van der Waals surface area contributed by atoms with Crippen LogP contribution in [0.3, 0.4) is 0 Å². The maximum absolute atomic E-state index is 12.4. The lowest BCUT2D eigenvalue weighted by Crippen LogP contribution is -2.45. The molecule has 25 heavy (non-hydrogen) atoms. The number of carbonyl (C=O) groups is 2. The zero-order valence-electron chi connectivity index (χ0n) is 13.9. The Hall–Kier alpha value is -3.03. The second kappa shape index (κ2) is 7.69. The summed E-state index contributed by atoms with van der Waals surface area (Å²) in [7, 11) is 1.57. The van der Waals surface area contributed by atoms with Crippen molar-refractivity contribution in [2.45, 2.75) is 19.0 Å². The van der Waals surface area contributed by atoms with Crippen LogP contribution in [0.5, 0.6) is 5.75 Å². The standard InChI is InChI=1S/C17H20N4O4/c1-24-15-5-3-2-4-12(15)9-21-14(10-25-17(21)23)16(22)19-7-6-13-8-18-11-20-13/h2-5,8,11,14H,6-7,9-10H2,1H3,(H,18,20)(H,19,22)/t14-/m0/s1. The molecule has 0 unspecified atom stereocenters. The number of carbonyl (C=O) groups excluding carboxylic acids is 2. The van der Waals surface area contributed by atoms with E-state index in [1.807, 2.05) is 24.3 Å². The molecule has 0 radical (unpaired) electrons. The largest absolute Gasteiger partial charge is 0.496 e. The molecule has 1 atom stereocenters. The minimum absolute atomic E-state index is 0.0455. The zero-order chi connectivity index (χ0) is 17.6. The molecule has 8 heteroatoms. The average molecular weight is 344 g/mol. The Morgan fingerprint density at radius 1 is 1.48 bits per heavy atom. The maximum Gasteiger partial charge on any atom is 0.410 e. The number of nitrogens with one attached hydrogen (secondary N) is 2. The van der Waals surface area contributed by atoms with Gasteiger partial charge in [0, 0.05) is 30.4 Å². The summed E-state index contributed by atoms with van der Waals surface area (Å²) in [6.07, 6.45) is 3.44. The van der Waals surface area contributed by atoms with Crippen LogP contribution in [0.25, 0.3) is 0 Å². The summed E-state index contributed by atoms with van der Waals surface area (Å²) >= 11 is 0. The van der Waals surface area contributed by atoms with Gasteiger partial charge in [-0.25, -0.2) is 9.78 Å². The lowest BCUT2D eigenvalue weighted by Gasteiger charge is -2.21. The maximum atomic E-state index is 12.4. The van der Waals surface area contributed by atoms with Crippen LogP contribution < -0.4 is 10.1 Å². The summed E-state index contributed by atoms with van der Waals surface area (Å²) in [4.78, 5) is 32.8. The highest BCUT2D eigenvalue weighted by Crippen LogP contribution is 2.23. The van der Waals surface area contributed by atoms with Crippen LogP contribution in [0.15, 0.2) is 36.8 Å². The Bertz CT molecular complexity index is 732. The predicted octanol–water partition coefficient (Wildman–Crippen LogP) is 1.10. The number of benzene rings is 1. The van der Waals surface area contributed by atoms with Crippen molar-refractivity contribution in [3.05, 3.63) is 48.0 Å². The molecule has 1 fully saturated rings. The van der Waals surface area contributed by atoms with E-state index in [1.165, 1.54) is 4.90 Å². The Morgan fingerprint density at radius 2 is 2.32 bits per heavy atom. The van der Waals surface area contributed by atoms with Crippen LogP contribution in [0, 0.1) is 0 Å². The number of hydrogen-bond donors (Lipinski definition) is 2. The van der Waals surface area contributed by atoms with E-state index in [9.17, 15) is 9.59 Å². The number of rotatable bonds is 7. The normalized spacial score (nSPS) is 16.6. The molecular weight excluding hydrogens is 324 g/mol. The van der Waals surface area contributed by atoms with Crippen molar-refractivity contribution in [1.29, 1.82) is 0 Å². The van der Waals surface area contributed by atoms with Crippen molar-refractivity contribution in [2.75, 3.05) is 20.3 Å². The molecule has 2 heterocycles. The van der Waals surface area contributed by atoms with E-state index in [-0.39, 0.29) is 19.1 Å². The molecule has 132 valence electrons. The van der Waals surface area contributed by atoms with Crippen LogP contribution in [0.2, 0.25) is 0 Å². The minimum atomic E-state index is -0.654.